The van der Waals surface area contributed by atoms with Crippen LogP contribution in [0.15, 0.2) is 0 Å². The van der Waals surface area contributed by atoms with Gasteiger partial charge >= 0.3 is 0 Å². The fraction of sp³-hybridized carbons (Fsp3) is 0.929. The number of carbonyl (C=O) groups excluding carboxylic acids is 1. The molecule has 0 radical (unpaired) electrons. The molecule has 114 valence electrons. The van der Waals surface area contributed by atoms with Gasteiger partial charge in [-0.25, -0.2) is 0 Å². The molecule has 0 rings (SSSR count). The van der Waals surface area contributed by atoms with E-state index in [1.807, 2.05) is 20.8 Å². The van der Waals surface area contributed by atoms with E-state index < -0.39 is 0 Å². The predicted octanol–water partition coefficient (Wildman–Crippen LogP) is 1.32. The molecule has 5 nitrogen and oxygen atoms in total. The standard InChI is InChI=1S/C14H30N2O3/c1-12(2)15-7-6-9-18-10-8-16-13(17)11-19-14(3,4)5/h12,15H,6-11H2,1-5H3,(H,16,17). The van der Waals surface area contributed by atoms with Crippen LogP contribution in [0.2, 0.25) is 0 Å². The number of hydrogen-bond donors (Lipinski definition) is 2. The quantitative estimate of drug-likeness (QED) is 0.590. The van der Waals surface area contributed by atoms with Crippen LogP contribution < -0.4 is 10.6 Å². The third-order valence-corrected chi connectivity index (χ3v) is 2.22. The first-order valence-corrected chi connectivity index (χ1v) is 7.03. The molecule has 0 aromatic rings. The summed E-state index contributed by atoms with van der Waals surface area (Å²) in [5.41, 5.74) is -0.281. The van der Waals surface area contributed by atoms with Crippen molar-refractivity contribution >= 4 is 5.91 Å². The van der Waals surface area contributed by atoms with Crippen molar-refractivity contribution in [1.82, 2.24) is 10.6 Å². The third-order valence-electron chi connectivity index (χ3n) is 2.22. The lowest BCUT2D eigenvalue weighted by Gasteiger charge is -2.18. The molecule has 0 aliphatic carbocycles. The number of amides is 1. The van der Waals surface area contributed by atoms with E-state index in [9.17, 15) is 4.79 Å². The van der Waals surface area contributed by atoms with Crippen molar-refractivity contribution in [3.05, 3.63) is 0 Å². The summed E-state index contributed by atoms with van der Waals surface area (Å²) in [5.74, 6) is -0.0972. The molecular formula is C14H30N2O3. The Labute approximate surface area is 117 Å². The van der Waals surface area contributed by atoms with Gasteiger partial charge in [0.1, 0.15) is 6.61 Å². The molecule has 0 aromatic carbocycles. The molecule has 0 saturated carbocycles. The molecule has 0 aliphatic heterocycles. The first-order chi connectivity index (χ1) is 8.81. The average Bonchev–Trinajstić information content (AvgIpc) is 2.28. The van der Waals surface area contributed by atoms with Crippen LogP contribution in [0, 0.1) is 0 Å². The molecule has 0 fully saturated rings. The van der Waals surface area contributed by atoms with Gasteiger partial charge in [-0.2, -0.15) is 0 Å². The fourth-order valence-corrected chi connectivity index (χ4v) is 1.26. The Morgan fingerprint density at radius 2 is 1.84 bits per heavy atom. The minimum absolute atomic E-state index is 0.0972. The minimum atomic E-state index is -0.281. The number of nitrogens with one attached hydrogen (secondary N) is 2. The van der Waals surface area contributed by atoms with Crippen molar-refractivity contribution in [3.8, 4) is 0 Å². The SMILES string of the molecule is CC(C)NCCCOCCNC(=O)COC(C)(C)C. The zero-order valence-corrected chi connectivity index (χ0v) is 13.0. The lowest BCUT2D eigenvalue weighted by Crippen LogP contribution is -2.34. The molecule has 0 spiro atoms. The van der Waals surface area contributed by atoms with Crippen molar-refractivity contribution in [1.29, 1.82) is 0 Å². The van der Waals surface area contributed by atoms with Crippen molar-refractivity contribution in [2.75, 3.05) is 32.9 Å². The van der Waals surface area contributed by atoms with E-state index in [-0.39, 0.29) is 18.1 Å². The maximum Gasteiger partial charge on any atom is 0.246 e. The van der Waals surface area contributed by atoms with Gasteiger partial charge < -0.3 is 20.1 Å². The second kappa shape index (κ2) is 10.2. The van der Waals surface area contributed by atoms with E-state index in [1.54, 1.807) is 0 Å². The van der Waals surface area contributed by atoms with Crippen molar-refractivity contribution < 1.29 is 14.3 Å². The van der Waals surface area contributed by atoms with Crippen LogP contribution in [0.25, 0.3) is 0 Å². The molecule has 0 heterocycles. The van der Waals surface area contributed by atoms with Crippen LogP contribution in [0.5, 0.6) is 0 Å². The Bertz CT molecular complexity index is 237. The van der Waals surface area contributed by atoms with Crippen LogP contribution in [0.4, 0.5) is 0 Å². The monoisotopic (exact) mass is 274 g/mol. The number of rotatable bonds is 10. The van der Waals surface area contributed by atoms with Gasteiger partial charge in [0, 0.05) is 19.2 Å². The predicted molar refractivity (Wildman–Crippen MR) is 77.3 cm³/mol. The van der Waals surface area contributed by atoms with E-state index in [0.29, 0.717) is 25.8 Å². The normalized spacial score (nSPS) is 11.9. The second-order valence-corrected chi connectivity index (χ2v) is 5.83. The first-order valence-electron chi connectivity index (χ1n) is 7.03. The van der Waals surface area contributed by atoms with Crippen molar-refractivity contribution in [2.45, 2.75) is 52.7 Å². The number of carbonyl (C=O) groups is 1. The molecule has 2 N–H and O–H groups in total. The van der Waals surface area contributed by atoms with Crippen LogP contribution in [-0.2, 0) is 14.3 Å². The summed E-state index contributed by atoms with van der Waals surface area (Å²) in [4.78, 5) is 11.4. The van der Waals surface area contributed by atoms with Gasteiger partial charge in [0.25, 0.3) is 0 Å². The summed E-state index contributed by atoms with van der Waals surface area (Å²) in [6, 6.07) is 0.516. The van der Waals surface area contributed by atoms with E-state index in [0.717, 1.165) is 13.0 Å². The average molecular weight is 274 g/mol. The van der Waals surface area contributed by atoms with Crippen LogP contribution in [0.1, 0.15) is 41.0 Å². The maximum absolute atomic E-state index is 11.4. The van der Waals surface area contributed by atoms with E-state index >= 15 is 0 Å². The Balaban J connectivity index is 3.28. The van der Waals surface area contributed by atoms with Gasteiger partial charge in [-0.05, 0) is 33.7 Å². The Morgan fingerprint density at radius 3 is 2.42 bits per heavy atom. The van der Waals surface area contributed by atoms with Gasteiger partial charge in [0.05, 0.1) is 12.2 Å². The summed E-state index contributed by atoms with van der Waals surface area (Å²) in [6.45, 7) is 12.9. The molecule has 0 atom stereocenters. The summed E-state index contributed by atoms with van der Waals surface area (Å²) < 4.78 is 10.8. The topological polar surface area (TPSA) is 59.6 Å². The second-order valence-electron chi connectivity index (χ2n) is 5.83. The lowest BCUT2D eigenvalue weighted by molar-refractivity contribution is -0.130. The number of hydrogen-bond acceptors (Lipinski definition) is 4. The molecule has 0 aromatic heterocycles. The smallest absolute Gasteiger partial charge is 0.246 e. The highest BCUT2D eigenvalue weighted by Crippen LogP contribution is 2.05. The summed E-state index contributed by atoms with van der Waals surface area (Å²) in [5, 5.41) is 6.08. The number of ether oxygens (including phenoxy) is 2. The molecule has 5 heteroatoms. The molecule has 0 aliphatic rings. The first kappa shape index (κ1) is 18.4. The molecule has 0 unspecified atom stereocenters. The van der Waals surface area contributed by atoms with Crippen molar-refractivity contribution in [2.24, 2.45) is 0 Å². The summed E-state index contributed by atoms with van der Waals surface area (Å²) >= 11 is 0. The van der Waals surface area contributed by atoms with E-state index in [2.05, 4.69) is 24.5 Å². The van der Waals surface area contributed by atoms with Crippen LogP contribution in [-0.4, -0.2) is 50.5 Å². The zero-order valence-electron chi connectivity index (χ0n) is 13.0. The molecule has 1 amide bonds. The molecule has 0 saturated heterocycles. The summed E-state index contributed by atoms with van der Waals surface area (Å²) in [6.07, 6.45) is 0.985. The van der Waals surface area contributed by atoms with Gasteiger partial charge in [-0.15, -0.1) is 0 Å². The maximum atomic E-state index is 11.4. The van der Waals surface area contributed by atoms with Crippen LogP contribution in [0.3, 0.4) is 0 Å². The van der Waals surface area contributed by atoms with Crippen LogP contribution >= 0.6 is 0 Å². The molecule has 0 bridgehead atoms. The molecule has 19 heavy (non-hydrogen) atoms. The Morgan fingerprint density at radius 1 is 1.16 bits per heavy atom. The van der Waals surface area contributed by atoms with Crippen molar-refractivity contribution in [3.63, 3.8) is 0 Å². The Kier molecular flexibility index (Phi) is 9.83. The van der Waals surface area contributed by atoms with Gasteiger partial charge in [0.2, 0.25) is 5.91 Å². The van der Waals surface area contributed by atoms with Gasteiger partial charge in [-0.3, -0.25) is 4.79 Å². The highest BCUT2D eigenvalue weighted by Gasteiger charge is 2.12. The van der Waals surface area contributed by atoms with E-state index in [1.165, 1.54) is 0 Å². The zero-order chi connectivity index (χ0) is 14.7. The largest absolute Gasteiger partial charge is 0.380 e. The molecular weight excluding hydrogens is 244 g/mol. The van der Waals surface area contributed by atoms with Gasteiger partial charge in [-0.1, -0.05) is 13.8 Å². The minimum Gasteiger partial charge on any atom is -0.380 e. The van der Waals surface area contributed by atoms with E-state index in [4.69, 9.17) is 9.47 Å². The highest BCUT2D eigenvalue weighted by molar-refractivity contribution is 5.77. The fourth-order valence-electron chi connectivity index (χ4n) is 1.26. The Hall–Kier alpha value is -0.650. The summed E-state index contributed by atoms with van der Waals surface area (Å²) in [7, 11) is 0. The lowest BCUT2D eigenvalue weighted by atomic mass is 10.2. The third kappa shape index (κ3) is 15.3. The highest BCUT2D eigenvalue weighted by atomic mass is 16.5. The van der Waals surface area contributed by atoms with Gasteiger partial charge in [0.15, 0.2) is 0 Å².